The summed E-state index contributed by atoms with van der Waals surface area (Å²) in [4.78, 5) is 14.0. The van der Waals surface area contributed by atoms with Crippen LogP contribution in [0.2, 0.25) is 5.02 Å². The van der Waals surface area contributed by atoms with Crippen LogP contribution in [0, 0.1) is 0 Å². The van der Waals surface area contributed by atoms with E-state index < -0.39 is 23.7 Å². The Balaban J connectivity index is 1.77. The van der Waals surface area contributed by atoms with Gasteiger partial charge in [-0.15, -0.1) is 13.2 Å². The van der Waals surface area contributed by atoms with Crippen LogP contribution >= 0.6 is 11.6 Å². The van der Waals surface area contributed by atoms with Gasteiger partial charge in [0.2, 0.25) is 0 Å². The third-order valence-corrected chi connectivity index (χ3v) is 4.71. The van der Waals surface area contributed by atoms with Crippen LogP contribution in [0.25, 0.3) is 17.1 Å². The molecular formula is C20H19ClF3N5O2. The zero-order chi connectivity index (χ0) is 22.8. The summed E-state index contributed by atoms with van der Waals surface area (Å²) in [6.07, 6.45) is -3.18. The van der Waals surface area contributed by atoms with Crippen LogP contribution in [0.15, 0.2) is 43.0 Å². The molecule has 0 fully saturated rings. The minimum absolute atomic E-state index is 0.160. The molecule has 0 bridgehead atoms. The Hall–Kier alpha value is -3.11. The molecule has 0 spiro atoms. The lowest BCUT2D eigenvalue weighted by molar-refractivity contribution is -0.274. The second kappa shape index (κ2) is 8.56. The Morgan fingerprint density at radius 1 is 1.26 bits per heavy atom. The summed E-state index contributed by atoms with van der Waals surface area (Å²) in [5.41, 5.74) is 1.11. The fourth-order valence-electron chi connectivity index (χ4n) is 2.87. The van der Waals surface area contributed by atoms with Gasteiger partial charge in [-0.05, 0) is 50.4 Å². The first-order valence-corrected chi connectivity index (χ1v) is 9.44. The van der Waals surface area contributed by atoms with E-state index >= 15 is 0 Å². The molecule has 2 aromatic carbocycles. The quantitative estimate of drug-likeness (QED) is 0.529. The van der Waals surface area contributed by atoms with Crippen molar-refractivity contribution in [2.45, 2.75) is 25.5 Å². The number of fused-ring (bicyclic) bond motifs is 1. The van der Waals surface area contributed by atoms with E-state index in [1.54, 1.807) is 32.2 Å². The van der Waals surface area contributed by atoms with E-state index in [9.17, 15) is 18.0 Å². The number of amides is 1. The normalized spacial score (nSPS) is 13.6. The minimum atomic E-state index is -4.80. The van der Waals surface area contributed by atoms with Crippen LogP contribution in [0.1, 0.15) is 22.8 Å². The van der Waals surface area contributed by atoms with Crippen molar-refractivity contribution in [3.63, 3.8) is 0 Å². The van der Waals surface area contributed by atoms with Gasteiger partial charge in [-0.3, -0.25) is 10.1 Å². The first-order valence-electron chi connectivity index (χ1n) is 9.06. The number of hydrogen-bond acceptors (Lipinski definition) is 5. The highest BCUT2D eigenvalue weighted by Crippen LogP contribution is 2.24. The number of rotatable bonds is 7. The number of likely N-dealkylation sites (N-methyl/N-ethyl adjacent to an activating group) is 1. The fraction of sp³-hybridized carbons (Fsp3) is 0.250. The molecule has 3 rings (SSSR count). The van der Waals surface area contributed by atoms with Crippen LogP contribution < -0.4 is 15.4 Å². The molecule has 1 amide bonds. The molecular weight excluding hydrogens is 435 g/mol. The van der Waals surface area contributed by atoms with Crippen LogP contribution in [-0.2, 0) is 6.54 Å². The Kier molecular flexibility index (Phi) is 6.23. The zero-order valence-electron chi connectivity index (χ0n) is 16.6. The average molecular weight is 454 g/mol. The van der Waals surface area contributed by atoms with Gasteiger partial charge < -0.3 is 10.1 Å². The maximum Gasteiger partial charge on any atom is 0.573 e. The van der Waals surface area contributed by atoms with Gasteiger partial charge in [-0.1, -0.05) is 24.3 Å². The van der Waals surface area contributed by atoms with Crippen LogP contribution in [0.5, 0.6) is 5.75 Å². The van der Waals surface area contributed by atoms with Crippen molar-refractivity contribution in [2.24, 2.45) is 0 Å². The molecule has 0 saturated carbocycles. The Labute approximate surface area is 180 Å². The second-order valence-electron chi connectivity index (χ2n) is 6.91. The lowest BCUT2D eigenvalue weighted by atomic mass is 10.1. The highest BCUT2D eigenvalue weighted by atomic mass is 35.5. The highest BCUT2D eigenvalue weighted by Gasteiger charge is 2.31. The van der Waals surface area contributed by atoms with Gasteiger partial charge in [0.1, 0.15) is 22.4 Å². The molecule has 1 heterocycles. The van der Waals surface area contributed by atoms with Crippen molar-refractivity contribution in [3.05, 3.63) is 59.1 Å². The maximum atomic E-state index is 12.6. The molecule has 1 unspecified atom stereocenters. The van der Waals surface area contributed by atoms with Gasteiger partial charge in [0.05, 0.1) is 6.54 Å². The van der Waals surface area contributed by atoms with Gasteiger partial charge in [0, 0.05) is 16.1 Å². The van der Waals surface area contributed by atoms with E-state index in [4.69, 9.17) is 11.6 Å². The predicted molar refractivity (Wildman–Crippen MR) is 111 cm³/mol. The summed E-state index contributed by atoms with van der Waals surface area (Å²) in [6.45, 7) is 5.63. The molecule has 1 aromatic heterocycles. The SMILES string of the molecule is C=Cc1cc(Cl)cc2nn(CC(C)(NC)NC(=O)c3ccc(OC(F)(F)F)cc3)nc12. The minimum Gasteiger partial charge on any atom is -0.406 e. The molecule has 1 atom stereocenters. The molecule has 0 aliphatic carbocycles. The van der Waals surface area contributed by atoms with Crippen molar-refractivity contribution in [1.29, 1.82) is 0 Å². The number of nitrogens with one attached hydrogen (secondary N) is 2. The monoisotopic (exact) mass is 453 g/mol. The van der Waals surface area contributed by atoms with Gasteiger partial charge in [-0.25, -0.2) is 0 Å². The number of halogens is 4. The summed E-state index contributed by atoms with van der Waals surface area (Å²) in [6, 6.07) is 8.02. The fourth-order valence-corrected chi connectivity index (χ4v) is 3.09. The summed E-state index contributed by atoms with van der Waals surface area (Å²) >= 11 is 6.09. The largest absolute Gasteiger partial charge is 0.573 e. The summed E-state index contributed by atoms with van der Waals surface area (Å²) in [5.74, 6) is -0.911. The van der Waals surface area contributed by atoms with Crippen molar-refractivity contribution < 1.29 is 22.7 Å². The van der Waals surface area contributed by atoms with Gasteiger partial charge in [0.15, 0.2) is 0 Å². The first kappa shape index (κ1) is 22.6. The third kappa shape index (κ3) is 5.53. The molecule has 31 heavy (non-hydrogen) atoms. The van der Waals surface area contributed by atoms with E-state index in [1.807, 2.05) is 0 Å². The highest BCUT2D eigenvalue weighted by molar-refractivity contribution is 6.31. The molecule has 0 radical (unpaired) electrons. The van der Waals surface area contributed by atoms with Crippen molar-refractivity contribution >= 4 is 34.6 Å². The number of aromatic nitrogens is 3. The smallest absolute Gasteiger partial charge is 0.406 e. The number of ether oxygens (including phenoxy) is 1. The molecule has 7 nitrogen and oxygen atoms in total. The van der Waals surface area contributed by atoms with E-state index in [-0.39, 0.29) is 12.1 Å². The maximum absolute atomic E-state index is 12.6. The Morgan fingerprint density at radius 2 is 1.94 bits per heavy atom. The lowest BCUT2D eigenvalue weighted by Gasteiger charge is -2.29. The number of carbonyl (C=O) groups excluding carboxylic acids is 1. The number of nitrogens with zero attached hydrogens (tertiary/aromatic N) is 3. The summed E-state index contributed by atoms with van der Waals surface area (Å²) in [5, 5.41) is 15.1. The van der Waals surface area contributed by atoms with Crippen molar-refractivity contribution in [3.8, 4) is 5.75 Å². The van der Waals surface area contributed by atoms with Crippen LogP contribution in [0.4, 0.5) is 13.2 Å². The van der Waals surface area contributed by atoms with E-state index in [0.29, 0.717) is 16.1 Å². The van der Waals surface area contributed by atoms with Crippen molar-refractivity contribution in [1.82, 2.24) is 25.6 Å². The zero-order valence-corrected chi connectivity index (χ0v) is 17.4. The topological polar surface area (TPSA) is 81.1 Å². The van der Waals surface area contributed by atoms with E-state index in [0.717, 1.165) is 17.7 Å². The Morgan fingerprint density at radius 3 is 2.52 bits per heavy atom. The number of hydrogen-bond donors (Lipinski definition) is 2. The molecule has 164 valence electrons. The third-order valence-electron chi connectivity index (χ3n) is 4.49. The van der Waals surface area contributed by atoms with Crippen LogP contribution in [-0.4, -0.2) is 40.0 Å². The van der Waals surface area contributed by atoms with Gasteiger partial charge in [0.25, 0.3) is 5.91 Å². The molecule has 0 aliphatic heterocycles. The first-order chi connectivity index (χ1) is 14.5. The molecule has 3 aromatic rings. The summed E-state index contributed by atoms with van der Waals surface area (Å²) in [7, 11) is 1.65. The average Bonchev–Trinajstić information content (AvgIpc) is 3.08. The number of benzene rings is 2. The Bertz CT molecular complexity index is 1110. The molecule has 2 N–H and O–H groups in total. The molecule has 0 aliphatic rings. The van der Waals surface area contributed by atoms with E-state index in [1.165, 1.54) is 16.9 Å². The van der Waals surface area contributed by atoms with E-state index in [2.05, 4.69) is 32.1 Å². The molecule has 11 heteroatoms. The summed E-state index contributed by atoms with van der Waals surface area (Å²) < 4.78 is 40.7. The number of alkyl halides is 3. The molecule has 0 saturated heterocycles. The predicted octanol–water partition coefficient (Wildman–Crippen LogP) is 3.99. The van der Waals surface area contributed by atoms with Gasteiger partial charge >= 0.3 is 6.36 Å². The standard InChI is InChI=1S/C20H19ClF3N5O2/c1-4-12-9-14(21)10-16-17(12)28-29(27-16)11-19(2,25-3)26-18(30)13-5-7-15(8-6-13)31-20(22,23)24/h4-10,25H,1,11H2,2-3H3,(H,26,30). The van der Waals surface area contributed by atoms with Gasteiger partial charge in [-0.2, -0.15) is 15.0 Å². The number of carbonyl (C=O) groups is 1. The second-order valence-corrected chi connectivity index (χ2v) is 7.34. The van der Waals surface area contributed by atoms with Crippen molar-refractivity contribution in [2.75, 3.05) is 7.05 Å². The van der Waals surface area contributed by atoms with Crippen LogP contribution in [0.3, 0.4) is 0 Å². The lowest BCUT2D eigenvalue weighted by Crippen LogP contribution is -2.58.